The van der Waals surface area contributed by atoms with Gasteiger partial charge in [0.15, 0.2) is 5.78 Å². The fourth-order valence-corrected chi connectivity index (χ4v) is 4.04. The number of thioether (sulfide) groups is 2. The Morgan fingerprint density at radius 3 is 1.62 bits per heavy atom. The molecular weight excluding hydrogens is 376 g/mol. The Morgan fingerprint density at radius 1 is 0.962 bits per heavy atom. The molecule has 0 unspecified atom stereocenters. The van der Waals surface area contributed by atoms with Crippen molar-refractivity contribution in [2.75, 3.05) is 12.5 Å². The number of nitro groups is 2. The van der Waals surface area contributed by atoms with Crippen LogP contribution < -0.4 is 0 Å². The molecule has 9 heteroatoms. The maximum Gasteiger partial charge on any atom is 0.283 e. The Morgan fingerprint density at radius 2 is 1.35 bits per heavy atom. The zero-order chi connectivity index (χ0) is 20.4. The van der Waals surface area contributed by atoms with Gasteiger partial charge in [-0.3, -0.25) is 25.0 Å². The van der Waals surface area contributed by atoms with Gasteiger partial charge in [0, 0.05) is 32.4 Å². The Bertz CT molecular complexity index is 763. The predicted molar refractivity (Wildman–Crippen MR) is 107 cm³/mol. The van der Waals surface area contributed by atoms with Crippen molar-refractivity contribution >= 4 is 40.7 Å². The lowest BCUT2D eigenvalue weighted by Gasteiger charge is -2.22. The number of rotatable bonds is 6. The summed E-state index contributed by atoms with van der Waals surface area (Å²) in [6, 6.07) is 0. The van der Waals surface area contributed by atoms with Crippen molar-refractivity contribution in [1.82, 2.24) is 0 Å². The van der Waals surface area contributed by atoms with Gasteiger partial charge in [0.25, 0.3) is 11.4 Å². The zero-order valence-electron chi connectivity index (χ0n) is 15.8. The molecule has 0 spiro atoms. The zero-order valence-corrected chi connectivity index (χ0v) is 17.5. The van der Waals surface area contributed by atoms with Gasteiger partial charge < -0.3 is 0 Å². The molecule has 0 atom stereocenters. The monoisotopic (exact) mass is 398 g/mol. The maximum absolute atomic E-state index is 12.8. The van der Waals surface area contributed by atoms with Crippen LogP contribution in [-0.4, -0.2) is 28.1 Å². The fraction of sp³-hybridized carbons (Fsp3) is 0.471. The minimum atomic E-state index is -0.832. The standard InChI is InChI=1S/C17H22N2O5S2/c1-9-13(11(20)8-12(25-6)26-7)10(2)16(19(23)24)14(17(3,4)5)15(9)18(21)22/h8H,1-7H3. The van der Waals surface area contributed by atoms with Crippen LogP contribution in [-0.2, 0) is 5.41 Å². The number of nitro benzene ring substituents is 2. The molecule has 0 N–H and O–H groups in total. The van der Waals surface area contributed by atoms with E-state index in [0.29, 0.717) is 0 Å². The van der Waals surface area contributed by atoms with Crippen LogP contribution in [0, 0.1) is 34.1 Å². The highest BCUT2D eigenvalue weighted by molar-refractivity contribution is 8.21. The summed E-state index contributed by atoms with van der Waals surface area (Å²) >= 11 is 2.74. The Balaban J connectivity index is 4.04. The van der Waals surface area contributed by atoms with E-state index in [-0.39, 0.29) is 33.6 Å². The van der Waals surface area contributed by atoms with Crippen LogP contribution in [0.1, 0.15) is 47.8 Å². The molecule has 142 valence electrons. The molecule has 0 aliphatic heterocycles. The van der Waals surface area contributed by atoms with E-state index in [1.807, 2.05) is 12.5 Å². The lowest BCUT2D eigenvalue weighted by molar-refractivity contribution is -0.397. The Hall–Kier alpha value is -1.87. The van der Waals surface area contributed by atoms with E-state index in [9.17, 15) is 25.0 Å². The second kappa shape index (κ2) is 8.22. The number of benzene rings is 1. The highest BCUT2D eigenvalue weighted by Gasteiger charge is 2.40. The molecule has 0 fully saturated rings. The van der Waals surface area contributed by atoms with Crippen molar-refractivity contribution in [2.45, 2.75) is 40.0 Å². The number of carbonyl (C=O) groups excluding carboxylic acids is 1. The van der Waals surface area contributed by atoms with Gasteiger partial charge in [0.2, 0.25) is 0 Å². The molecule has 0 bridgehead atoms. The molecule has 26 heavy (non-hydrogen) atoms. The van der Waals surface area contributed by atoms with E-state index in [1.54, 1.807) is 20.8 Å². The maximum atomic E-state index is 12.8. The molecule has 1 aromatic rings. The summed E-state index contributed by atoms with van der Waals surface area (Å²) in [5.41, 5.74) is -1.17. The molecule has 7 nitrogen and oxygen atoms in total. The summed E-state index contributed by atoms with van der Waals surface area (Å²) in [6.45, 7) is 8.00. The van der Waals surface area contributed by atoms with Crippen molar-refractivity contribution in [1.29, 1.82) is 0 Å². The van der Waals surface area contributed by atoms with Crippen molar-refractivity contribution < 1.29 is 14.6 Å². The number of carbonyl (C=O) groups is 1. The largest absolute Gasteiger partial charge is 0.289 e. The molecule has 0 aliphatic carbocycles. The van der Waals surface area contributed by atoms with E-state index in [0.717, 1.165) is 4.24 Å². The Labute approximate surface area is 160 Å². The van der Waals surface area contributed by atoms with Crippen LogP contribution >= 0.6 is 23.5 Å². The number of hydrogen-bond acceptors (Lipinski definition) is 7. The van der Waals surface area contributed by atoms with E-state index >= 15 is 0 Å². The molecule has 0 aromatic heterocycles. The first-order valence-electron chi connectivity index (χ1n) is 7.68. The van der Waals surface area contributed by atoms with Crippen LogP contribution in [0.5, 0.6) is 0 Å². The third-order valence-corrected chi connectivity index (χ3v) is 5.99. The predicted octanol–water partition coefficient (Wildman–Crippen LogP) is 5.17. The number of nitrogens with zero attached hydrogens (tertiary/aromatic N) is 2. The average Bonchev–Trinajstić information content (AvgIpc) is 2.50. The minimum absolute atomic E-state index is 0.0250. The SMILES string of the molecule is CSC(=CC(=O)c1c(C)c([N+](=O)[O-])c(C(C)(C)C)c([N+](=O)[O-])c1C)SC. The highest BCUT2D eigenvalue weighted by atomic mass is 32.2. The summed E-state index contributed by atoms with van der Waals surface area (Å²) in [5, 5.41) is 23.5. The van der Waals surface area contributed by atoms with Crippen LogP contribution in [0.2, 0.25) is 0 Å². The van der Waals surface area contributed by atoms with E-state index in [2.05, 4.69) is 0 Å². The second-order valence-electron chi connectivity index (χ2n) is 6.70. The molecule has 1 aromatic carbocycles. The summed E-state index contributed by atoms with van der Waals surface area (Å²) in [4.78, 5) is 35.0. The van der Waals surface area contributed by atoms with Gasteiger partial charge in [-0.05, 0) is 26.4 Å². The Kier molecular flexibility index (Phi) is 7.01. The minimum Gasteiger partial charge on any atom is -0.289 e. The summed E-state index contributed by atoms with van der Waals surface area (Å²) in [5.74, 6) is -0.467. The number of hydrogen-bond donors (Lipinski definition) is 0. The van der Waals surface area contributed by atoms with Crippen LogP contribution in [0.15, 0.2) is 10.3 Å². The fourth-order valence-electron chi connectivity index (χ4n) is 2.92. The lowest BCUT2D eigenvalue weighted by atomic mass is 9.79. The van der Waals surface area contributed by atoms with Gasteiger partial charge >= 0.3 is 0 Å². The van der Waals surface area contributed by atoms with Crippen molar-refractivity contribution in [3.63, 3.8) is 0 Å². The van der Waals surface area contributed by atoms with Gasteiger partial charge in [-0.25, -0.2) is 0 Å². The quantitative estimate of drug-likeness (QED) is 0.282. The molecule has 0 saturated carbocycles. The first-order chi connectivity index (χ1) is 11.9. The van der Waals surface area contributed by atoms with Crippen LogP contribution in [0.25, 0.3) is 0 Å². The topological polar surface area (TPSA) is 103 Å². The van der Waals surface area contributed by atoms with Gasteiger partial charge in [0.1, 0.15) is 5.56 Å². The second-order valence-corrected chi connectivity index (χ2v) is 8.65. The lowest BCUT2D eigenvalue weighted by Crippen LogP contribution is -2.20. The average molecular weight is 399 g/mol. The number of ketones is 1. The molecular formula is C17H22N2O5S2. The van der Waals surface area contributed by atoms with Crippen molar-refractivity contribution in [3.8, 4) is 0 Å². The molecule has 1 rings (SSSR count). The van der Waals surface area contributed by atoms with Gasteiger partial charge in [-0.2, -0.15) is 0 Å². The first kappa shape index (κ1) is 22.2. The molecule has 0 aliphatic rings. The molecule has 0 saturated heterocycles. The van der Waals surface area contributed by atoms with E-state index in [4.69, 9.17) is 0 Å². The first-order valence-corrected chi connectivity index (χ1v) is 10.1. The summed E-state index contributed by atoms with van der Waals surface area (Å²) < 4.78 is 0.721. The molecule has 0 radical (unpaired) electrons. The third kappa shape index (κ3) is 4.27. The molecule has 0 amide bonds. The van der Waals surface area contributed by atoms with E-state index < -0.39 is 21.0 Å². The summed E-state index contributed by atoms with van der Waals surface area (Å²) in [6.07, 6.45) is 4.99. The van der Waals surface area contributed by atoms with Gasteiger partial charge in [0.05, 0.1) is 9.85 Å². The van der Waals surface area contributed by atoms with E-state index in [1.165, 1.54) is 43.4 Å². The normalized spacial score (nSPS) is 11.2. The van der Waals surface area contributed by atoms with Gasteiger partial charge in [-0.1, -0.05) is 20.8 Å². The smallest absolute Gasteiger partial charge is 0.283 e. The van der Waals surface area contributed by atoms with Crippen LogP contribution in [0.4, 0.5) is 11.4 Å². The molecule has 0 heterocycles. The summed E-state index contributed by atoms with van der Waals surface area (Å²) in [7, 11) is 0. The van der Waals surface area contributed by atoms with Crippen molar-refractivity contribution in [2.24, 2.45) is 0 Å². The van der Waals surface area contributed by atoms with Crippen LogP contribution in [0.3, 0.4) is 0 Å². The highest BCUT2D eigenvalue weighted by Crippen LogP contribution is 2.44. The third-order valence-electron chi connectivity index (χ3n) is 3.95. The van der Waals surface area contributed by atoms with Gasteiger partial charge in [-0.15, -0.1) is 23.5 Å². The number of allylic oxidation sites excluding steroid dienone is 1. The van der Waals surface area contributed by atoms with Crippen molar-refractivity contribution in [3.05, 3.63) is 52.8 Å².